The van der Waals surface area contributed by atoms with Gasteiger partial charge in [0.05, 0.1) is 0 Å². The SMILES string of the molecule is CC(C)C(CCO)NS(=O)(=O)NCC(F)(F)F. The van der Waals surface area contributed by atoms with Gasteiger partial charge in [-0.25, -0.2) is 0 Å². The molecule has 104 valence electrons. The van der Waals surface area contributed by atoms with Gasteiger partial charge >= 0.3 is 6.18 Å². The number of hydrogen-bond acceptors (Lipinski definition) is 3. The molecule has 17 heavy (non-hydrogen) atoms. The zero-order chi connectivity index (χ0) is 13.7. The van der Waals surface area contributed by atoms with E-state index in [0.29, 0.717) is 0 Å². The summed E-state index contributed by atoms with van der Waals surface area (Å²) in [6, 6.07) is -0.606. The highest BCUT2D eigenvalue weighted by Crippen LogP contribution is 2.13. The lowest BCUT2D eigenvalue weighted by atomic mass is 10.0. The standard InChI is InChI=1S/C8H17F3N2O3S/c1-6(2)7(3-4-14)13-17(15,16)12-5-8(9,10)11/h6-7,12-14H,3-5H2,1-2H3. The van der Waals surface area contributed by atoms with Gasteiger partial charge in [-0.2, -0.15) is 31.0 Å². The van der Waals surface area contributed by atoms with Gasteiger partial charge in [0.15, 0.2) is 0 Å². The highest BCUT2D eigenvalue weighted by atomic mass is 32.2. The van der Waals surface area contributed by atoms with E-state index in [1.165, 1.54) is 4.72 Å². The van der Waals surface area contributed by atoms with E-state index in [9.17, 15) is 21.6 Å². The highest BCUT2D eigenvalue weighted by Gasteiger charge is 2.30. The van der Waals surface area contributed by atoms with Crippen molar-refractivity contribution in [3.63, 3.8) is 0 Å². The second kappa shape index (κ2) is 6.53. The van der Waals surface area contributed by atoms with Gasteiger partial charge in [-0.05, 0) is 12.3 Å². The van der Waals surface area contributed by atoms with Crippen molar-refractivity contribution in [2.45, 2.75) is 32.5 Å². The average molecular weight is 278 g/mol. The Labute approximate surface area is 98.6 Å². The third-order valence-corrected chi connectivity index (χ3v) is 3.15. The molecule has 0 fully saturated rings. The fourth-order valence-electron chi connectivity index (χ4n) is 1.09. The van der Waals surface area contributed by atoms with Gasteiger partial charge in [0.25, 0.3) is 10.2 Å². The molecule has 0 aromatic heterocycles. The monoisotopic (exact) mass is 278 g/mol. The maximum absolute atomic E-state index is 11.8. The molecule has 9 heteroatoms. The van der Waals surface area contributed by atoms with Crippen LogP contribution in [0, 0.1) is 5.92 Å². The smallest absolute Gasteiger partial charge is 0.396 e. The molecule has 0 heterocycles. The summed E-state index contributed by atoms with van der Waals surface area (Å²) in [4.78, 5) is 0. The van der Waals surface area contributed by atoms with Crippen LogP contribution in [0.25, 0.3) is 0 Å². The van der Waals surface area contributed by atoms with Crippen LogP contribution < -0.4 is 9.44 Å². The van der Waals surface area contributed by atoms with E-state index in [-0.39, 0.29) is 18.9 Å². The number of rotatable bonds is 7. The summed E-state index contributed by atoms with van der Waals surface area (Å²) in [5.74, 6) is -0.135. The quantitative estimate of drug-likeness (QED) is 0.630. The van der Waals surface area contributed by atoms with Crippen LogP contribution in [0.1, 0.15) is 20.3 Å². The molecular formula is C8H17F3N2O3S. The van der Waals surface area contributed by atoms with Crippen LogP contribution in [0.2, 0.25) is 0 Å². The van der Waals surface area contributed by atoms with Crippen molar-refractivity contribution in [2.24, 2.45) is 5.92 Å². The second-order valence-electron chi connectivity index (χ2n) is 3.92. The van der Waals surface area contributed by atoms with Gasteiger partial charge in [0.2, 0.25) is 0 Å². The molecule has 0 saturated carbocycles. The summed E-state index contributed by atoms with van der Waals surface area (Å²) in [7, 11) is -4.21. The van der Waals surface area contributed by atoms with E-state index in [4.69, 9.17) is 5.11 Å². The molecule has 0 rings (SSSR count). The largest absolute Gasteiger partial charge is 0.402 e. The number of alkyl halides is 3. The van der Waals surface area contributed by atoms with Gasteiger partial charge in [-0.1, -0.05) is 13.8 Å². The number of hydrogen-bond donors (Lipinski definition) is 3. The van der Waals surface area contributed by atoms with Crippen LogP contribution in [0.3, 0.4) is 0 Å². The first-order valence-electron chi connectivity index (χ1n) is 5.02. The van der Waals surface area contributed by atoms with Gasteiger partial charge in [-0.15, -0.1) is 0 Å². The molecule has 0 amide bonds. The number of aliphatic hydroxyl groups is 1. The molecule has 0 aromatic rings. The fourth-order valence-corrected chi connectivity index (χ4v) is 2.31. The zero-order valence-corrected chi connectivity index (χ0v) is 10.4. The Morgan fingerprint density at radius 2 is 1.82 bits per heavy atom. The van der Waals surface area contributed by atoms with Crippen molar-refractivity contribution < 1.29 is 26.7 Å². The van der Waals surface area contributed by atoms with Crippen LogP contribution in [-0.4, -0.2) is 38.9 Å². The summed E-state index contributed by atoms with van der Waals surface area (Å²) in [6.07, 6.45) is -4.45. The van der Waals surface area contributed by atoms with E-state index in [0.717, 1.165) is 0 Å². The van der Waals surface area contributed by atoms with E-state index in [1.807, 2.05) is 0 Å². The van der Waals surface area contributed by atoms with E-state index in [1.54, 1.807) is 13.8 Å². The van der Waals surface area contributed by atoms with Crippen molar-refractivity contribution in [2.75, 3.05) is 13.2 Å². The summed E-state index contributed by atoms with van der Waals surface area (Å²) in [6.45, 7) is 1.54. The summed E-state index contributed by atoms with van der Waals surface area (Å²) in [5.41, 5.74) is 0. The van der Waals surface area contributed by atoms with E-state index < -0.39 is 29.0 Å². The Bertz CT molecular complexity index is 316. The molecule has 0 aromatic carbocycles. The number of halogens is 3. The third-order valence-electron chi connectivity index (χ3n) is 2.01. The van der Waals surface area contributed by atoms with Crippen molar-refractivity contribution in [3.05, 3.63) is 0 Å². The Hall–Kier alpha value is -0.380. The average Bonchev–Trinajstić information content (AvgIpc) is 2.13. The molecule has 0 bridgehead atoms. The topological polar surface area (TPSA) is 78.4 Å². The lowest BCUT2D eigenvalue weighted by Crippen LogP contribution is -2.47. The Kier molecular flexibility index (Phi) is 6.38. The molecule has 0 aliphatic heterocycles. The van der Waals surface area contributed by atoms with Gasteiger partial charge in [-0.3, -0.25) is 0 Å². The summed E-state index contributed by atoms with van der Waals surface area (Å²) < 4.78 is 61.5. The lowest BCUT2D eigenvalue weighted by molar-refractivity contribution is -0.121. The molecule has 0 spiro atoms. The molecule has 0 aliphatic rings. The van der Waals surface area contributed by atoms with Crippen molar-refractivity contribution >= 4 is 10.2 Å². The first-order chi connectivity index (χ1) is 7.57. The predicted octanol–water partition coefficient (Wildman–Crippen LogP) is 0.380. The maximum atomic E-state index is 11.8. The number of aliphatic hydroxyl groups excluding tert-OH is 1. The minimum absolute atomic E-state index is 0.135. The Balaban J connectivity index is 4.41. The minimum atomic E-state index is -4.60. The molecule has 0 saturated heterocycles. The highest BCUT2D eigenvalue weighted by molar-refractivity contribution is 7.87. The molecule has 0 radical (unpaired) electrons. The Morgan fingerprint density at radius 1 is 1.29 bits per heavy atom. The molecule has 1 unspecified atom stereocenters. The lowest BCUT2D eigenvalue weighted by Gasteiger charge is -2.21. The van der Waals surface area contributed by atoms with E-state index in [2.05, 4.69) is 4.72 Å². The van der Waals surface area contributed by atoms with Crippen molar-refractivity contribution in [3.8, 4) is 0 Å². The number of nitrogens with one attached hydrogen (secondary N) is 2. The van der Waals surface area contributed by atoms with Gasteiger partial charge in [0, 0.05) is 12.6 Å². The first kappa shape index (κ1) is 16.6. The van der Waals surface area contributed by atoms with Crippen LogP contribution in [-0.2, 0) is 10.2 Å². The van der Waals surface area contributed by atoms with Crippen LogP contribution in [0.5, 0.6) is 0 Å². The van der Waals surface area contributed by atoms with Crippen molar-refractivity contribution in [1.82, 2.24) is 9.44 Å². The zero-order valence-electron chi connectivity index (χ0n) is 9.58. The van der Waals surface area contributed by atoms with Crippen LogP contribution in [0.15, 0.2) is 0 Å². The van der Waals surface area contributed by atoms with Gasteiger partial charge in [0.1, 0.15) is 6.54 Å². The molecule has 0 aliphatic carbocycles. The molecule has 1 atom stereocenters. The third kappa shape index (κ3) is 8.36. The summed E-state index contributed by atoms with van der Waals surface area (Å²) in [5, 5.41) is 8.71. The predicted molar refractivity (Wildman–Crippen MR) is 56.4 cm³/mol. The minimum Gasteiger partial charge on any atom is -0.396 e. The van der Waals surface area contributed by atoms with Gasteiger partial charge < -0.3 is 5.11 Å². The molecule has 3 N–H and O–H groups in total. The normalized spacial score (nSPS) is 15.2. The summed E-state index contributed by atoms with van der Waals surface area (Å²) >= 11 is 0. The maximum Gasteiger partial charge on any atom is 0.402 e. The molecular weight excluding hydrogens is 261 g/mol. The van der Waals surface area contributed by atoms with Crippen molar-refractivity contribution in [1.29, 1.82) is 0 Å². The van der Waals surface area contributed by atoms with E-state index >= 15 is 0 Å². The Morgan fingerprint density at radius 3 is 2.18 bits per heavy atom. The second-order valence-corrected chi connectivity index (χ2v) is 5.45. The van der Waals surface area contributed by atoms with Crippen LogP contribution in [0.4, 0.5) is 13.2 Å². The van der Waals surface area contributed by atoms with Crippen LogP contribution >= 0.6 is 0 Å². The first-order valence-corrected chi connectivity index (χ1v) is 6.50. The fraction of sp³-hybridized carbons (Fsp3) is 1.00. The molecule has 5 nitrogen and oxygen atoms in total.